The molecule has 7 heteroatoms. The van der Waals surface area contributed by atoms with Crippen molar-refractivity contribution >= 4 is 29.9 Å². The molecule has 0 aliphatic carbocycles. The minimum atomic E-state index is -0.0165. The molecule has 0 saturated carbocycles. The predicted octanol–water partition coefficient (Wildman–Crippen LogP) is 3.23. The number of nitrogens with zero attached hydrogens (tertiary/aromatic N) is 4. The molecule has 0 amide bonds. The summed E-state index contributed by atoms with van der Waals surface area (Å²) in [4.78, 5) is 14.2. The van der Waals surface area contributed by atoms with Crippen molar-refractivity contribution in [3.8, 4) is 0 Å². The normalized spacial score (nSPS) is 21.9. The average molecular weight is 475 g/mol. The van der Waals surface area contributed by atoms with E-state index in [0.717, 1.165) is 31.4 Å². The lowest BCUT2D eigenvalue weighted by molar-refractivity contribution is 0.249. The van der Waals surface area contributed by atoms with E-state index in [2.05, 4.69) is 47.8 Å². The molecule has 1 atom stereocenters. The Morgan fingerprint density at radius 3 is 2.65 bits per heavy atom. The van der Waals surface area contributed by atoms with Crippen molar-refractivity contribution in [2.45, 2.75) is 65.0 Å². The van der Waals surface area contributed by atoms with Crippen molar-refractivity contribution in [3.05, 3.63) is 17.8 Å². The minimum Gasteiger partial charge on any atom is -0.443 e. The zero-order valence-electron chi connectivity index (χ0n) is 16.6. The van der Waals surface area contributed by atoms with Crippen LogP contribution < -0.4 is 5.32 Å². The molecule has 3 heterocycles. The van der Waals surface area contributed by atoms with Crippen molar-refractivity contribution in [3.63, 3.8) is 0 Å². The van der Waals surface area contributed by atoms with E-state index in [-0.39, 0.29) is 29.4 Å². The van der Waals surface area contributed by atoms with E-state index in [0.29, 0.717) is 18.5 Å². The first-order chi connectivity index (χ1) is 12.0. The number of hydrogen-bond donors (Lipinski definition) is 1. The standard InChI is InChI=1S/C19H33N5O.HI/c1-5-20-18(22-13-17-21-12-16(25-17)19(2,3)4)24-11-8-15(14-24)23-9-6-7-10-23;/h12,15H,5-11,13-14H2,1-4H3,(H,20,22);1H. The first-order valence-corrected chi connectivity index (χ1v) is 9.70. The van der Waals surface area contributed by atoms with Gasteiger partial charge in [0.15, 0.2) is 5.96 Å². The van der Waals surface area contributed by atoms with Crippen LogP contribution in [0.3, 0.4) is 0 Å². The van der Waals surface area contributed by atoms with Gasteiger partial charge in [0, 0.05) is 31.1 Å². The quantitative estimate of drug-likeness (QED) is 0.412. The number of nitrogens with one attached hydrogen (secondary N) is 1. The van der Waals surface area contributed by atoms with Gasteiger partial charge in [-0.1, -0.05) is 20.8 Å². The van der Waals surface area contributed by atoms with Crippen LogP contribution in [0.5, 0.6) is 0 Å². The molecule has 1 unspecified atom stereocenters. The summed E-state index contributed by atoms with van der Waals surface area (Å²) in [5.74, 6) is 2.59. The summed E-state index contributed by atoms with van der Waals surface area (Å²) in [7, 11) is 0. The van der Waals surface area contributed by atoms with Crippen molar-refractivity contribution in [1.29, 1.82) is 0 Å². The maximum Gasteiger partial charge on any atom is 0.216 e. The van der Waals surface area contributed by atoms with Crippen molar-refractivity contribution in [1.82, 2.24) is 20.1 Å². The van der Waals surface area contributed by atoms with Crippen LogP contribution >= 0.6 is 24.0 Å². The fourth-order valence-corrected chi connectivity index (χ4v) is 3.64. The SMILES string of the molecule is CCNC(=NCc1ncc(C(C)(C)C)o1)N1CCC(N2CCCC2)C1.I. The molecule has 0 spiro atoms. The molecule has 1 aromatic rings. The Morgan fingerprint density at radius 2 is 2.04 bits per heavy atom. The predicted molar refractivity (Wildman–Crippen MR) is 116 cm³/mol. The largest absolute Gasteiger partial charge is 0.443 e. The number of oxazole rings is 1. The molecule has 6 nitrogen and oxygen atoms in total. The second kappa shape index (κ2) is 9.39. The zero-order chi connectivity index (χ0) is 17.9. The fraction of sp³-hybridized carbons (Fsp3) is 0.789. The molecule has 1 aromatic heterocycles. The summed E-state index contributed by atoms with van der Waals surface area (Å²) >= 11 is 0. The smallest absolute Gasteiger partial charge is 0.216 e. The topological polar surface area (TPSA) is 56.9 Å². The third kappa shape index (κ3) is 5.34. The number of aliphatic imine (C=N–C) groups is 1. The van der Waals surface area contributed by atoms with Gasteiger partial charge in [0.05, 0.1) is 6.20 Å². The second-order valence-electron chi connectivity index (χ2n) is 8.17. The highest BCUT2D eigenvalue weighted by atomic mass is 127. The maximum atomic E-state index is 5.87. The van der Waals surface area contributed by atoms with E-state index in [1.807, 2.05) is 6.20 Å². The highest BCUT2D eigenvalue weighted by Crippen LogP contribution is 2.23. The van der Waals surface area contributed by atoms with Gasteiger partial charge < -0.3 is 14.6 Å². The van der Waals surface area contributed by atoms with Gasteiger partial charge in [-0.3, -0.25) is 4.90 Å². The highest BCUT2D eigenvalue weighted by molar-refractivity contribution is 14.0. The third-order valence-corrected chi connectivity index (χ3v) is 5.11. The van der Waals surface area contributed by atoms with E-state index in [1.54, 1.807) is 0 Å². The van der Waals surface area contributed by atoms with Crippen molar-refractivity contribution < 1.29 is 4.42 Å². The summed E-state index contributed by atoms with van der Waals surface area (Å²) < 4.78 is 5.87. The van der Waals surface area contributed by atoms with E-state index in [1.165, 1.54) is 32.4 Å². The lowest BCUT2D eigenvalue weighted by Crippen LogP contribution is -2.42. The number of guanidine groups is 1. The number of likely N-dealkylation sites (tertiary alicyclic amines) is 2. The van der Waals surface area contributed by atoms with Crippen molar-refractivity contribution in [2.75, 3.05) is 32.7 Å². The highest BCUT2D eigenvalue weighted by Gasteiger charge is 2.30. The number of aromatic nitrogens is 1. The summed E-state index contributed by atoms with van der Waals surface area (Å²) in [6.07, 6.45) is 5.77. The van der Waals surface area contributed by atoms with Gasteiger partial charge in [-0.25, -0.2) is 9.98 Å². The van der Waals surface area contributed by atoms with Crippen LogP contribution in [0.1, 0.15) is 58.6 Å². The molecule has 1 N–H and O–H groups in total. The van der Waals surface area contributed by atoms with Crippen LogP contribution in [0.4, 0.5) is 0 Å². The Balaban J connectivity index is 0.00000243. The van der Waals surface area contributed by atoms with Gasteiger partial charge in [0.2, 0.25) is 5.89 Å². The first kappa shape index (κ1) is 21.5. The first-order valence-electron chi connectivity index (χ1n) is 9.70. The molecular weight excluding hydrogens is 441 g/mol. The van der Waals surface area contributed by atoms with Gasteiger partial charge in [0.25, 0.3) is 0 Å². The Bertz CT molecular complexity index is 589. The maximum absolute atomic E-state index is 5.87. The monoisotopic (exact) mass is 475 g/mol. The van der Waals surface area contributed by atoms with Crippen LogP contribution in [-0.2, 0) is 12.0 Å². The Hall–Kier alpha value is -0.830. The van der Waals surface area contributed by atoms with Crippen LogP contribution in [-0.4, -0.2) is 59.5 Å². The van der Waals surface area contributed by atoms with E-state index >= 15 is 0 Å². The molecule has 3 rings (SSSR count). The molecular formula is C19H34IN5O. The molecule has 26 heavy (non-hydrogen) atoms. The fourth-order valence-electron chi connectivity index (χ4n) is 3.64. The van der Waals surface area contributed by atoms with Crippen LogP contribution in [0.15, 0.2) is 15.6 Å². The van der Waals surface area contributed by atoms with E-state index in [9.17, 15) is 0 Å². The van der Waals surface area contributed by atoms with E-state index < -0.39 is 0 Å². The zero-order valence-corrected chi connectivity index (χ0v) is 19.0. The van der Waals surface area contributed by atoms with Gasteiger partial charge in [-0.15, -0.1) is 24.0 Å². The van der Waals surface area contributed by atoms with Gasteiger partial charge in [0.1, 0.15) is 12.3 Å². The van der Waals surface area contributed by atoms with Crippen LogP contribution in [0.25, 0.3) is 0 Å². The Kier molecular flexibility index (Phi) is 7.76. The second-order valence-corrected chi connectivity index (χ2v) is 8.17. The molecule has 0 radical (unpaired) electrons. The van der Waals surface area contributed by atoms with E-state index in [4.69, 9.17) is 9.41 Å². The molecule has 2 fully saturated rings. The summed E-state index contributed by atoms with van der Waals surface area (Å²) in [5, 5.41) is 3.43. The Morgan fingerprint density at radius 1 is 1.31 bits per heavy atom. The lowest BCUT2D eigenvalue weighted by Gasteiger charge is -2.25. The lowest BCUT2D eigenvalue weighted by atomic mass is 9.94. The van der Waals surface area contributed by atoms with Crippen LogP contribution in [0.2, 0.25) is 0 Å². The molecule has 0 aromatic carbocycles. The number of hydrogen-bond acceptors (Lipinski definition) is 4. The molecule has 2 saturated heterocycles. The molecule has 0 bridgehead atoms. The summed E-state index contributed by atoms with van der Waals surface area (Å²) in [6.45, 7) is 14.6. The summed E-state index contributed by atoms with van der Waals surface area (Å²) in [6, 6.07) is 0.681. The molecule has 2 aliphatic rings. The van der Waals surface area contributed by atoms with Gasteiger partial charge in [-0.2, -0.15) is 0 Å². The molecule has 2 aliphatic heterocycles. The summed E-state index contributed by atoms with van der Waals surface area (Å²) in [5.41, 5.74) is -0.0165. The molecule has 148 valence electrons. The third-order valence-electron chi connectivity index (χ3n) is 5.11. The van der Waals surface area contributed by atoms with Crippen molar-refractivity contribution in [2.24, 2.45) is 4.99 Å². The van der Waals surface area contributed by atoms with Gasteiger partial charge >= 0.3 is 0 Å². The minimum absolute atomic E-state index is 0. The number of halogens is 1. The van der Waals surface area contributed by atoms with Gasteiger partial charge in [-0.05, 0) is 39.3 Å². The Labute approximate surface area is 174 Å². The average Bonchev–Trinajstić information content (AvgIpc) is 3.31. The van der Waals surface area contributed by atoms with Crippen LogP contribution in [0, 0.1) is 0 Å². The number of rotatable bonds is 4.